The highest BCUT2D eigenvalue weighted by Crippen LogP contribution is 2.44. The molecule has 0 unspecified atom stereocenters. The molecule has 0 radical (unpaired) electrons. The van der Waals surface area contributed by atoms with Crippen LogP contribution in [0.5, 0.6) is 5.75 Å². The standard InChI is InChI=1S/C38H52N6O7.C20H18FN3O4S/c1-37(2,3)31(41-35(48)50-7)33(46)40-29(22-25-14-10-9-11-15-25)30(45)24-44(43-34(47)32(38(4,5)6)42-36(49)51-8)23-26-17-19-27(20-18-26)28-16-12-13-21-39-28;1-23(29(2,27)28)18-14-4-3-9-22-17(14)19(25)16-15(18)11-24(20(16)26)10-12-5-7-13(21)8-6-12/h9-21,29-32,45H,22-24H2,1-8H3,(H,40,46)(H,41,48)(H,42,49)(H,43,47);3-9,25H,10-11H2,1-2H3/t29-,30-,31+,32+;/m0./s1. The summed E-state index contributed by atoms with van der Waals surface area (Å²) in [5.41, 5.74) is 6.54. The van der Waals surface area contributed by atoms with Crippen LogP contribution in [0.25, 0.3) is 22.2 Å². The molecule has 426 valence electrons. The predicted molar refractivity (Wildman–Crippen MR) is 301 cm³/mol. The fourth-order valence-corrected chi connectivity index (χ4v) is 9.52. The number of methoxy groups -OCH3 is 2. The molecule has 7 rings (SSSR count). The Morgan fingerprint density at radius 1 is 0.750 bits per heavy atom. The maximum atomic E-state index is 13.8. The van der Waals surface area contributed by atoms with E-state index in [-0.39, 0.29) is 55.2 Å². The quantitative estimate of drug-likeness (QED) is 0.0482. The fraction of sp³-hybridized carbons (Fsp3) is 0.362. The molecule has 0 aliphatic carbocycles. The molecule has 6 aromatic rings. The van der Waals surface area contributed by atoms with Crippen LogP contribution in [-0.4, -0.2) is 127 Å². The van der Waals surface area contributed by atoms with Gasteiger partial charge in [0.2, 0.25) is 15.9 Å². The molecule has 4 atom stereocenters. The van der Waals surface area contributed by atoms with Gasteiger partial charge in [0.25, 0.3) is 11.8 Å². The zero-order chi connectivity index (χ0) is 58.7. The first kappa shape index (κ1) is 61.0. The first-order valence-corrected chi connectivity index (χ1v) is 27.4. The van der Waals surface area contributed by atoms with Crippen molar-refractivity contribution >= 4 is 56.5 Å². The smallest absolute Gasteiger partial charge is 0.407 e. The van der Waals surface area contributed by atoms with Gasteiger partial charge in [-0.2, -0.15) is 0 Å². The topological polar surface area (TPSA) is 262 Å². The maximum absolute atomic E-state index is 13.8. The number of sulfonamides is 1. The van der Waals surface area contributed by atoms with E-state index < -0.39 is 75.0 Å². The number of benzene rings is 4. The molecule has 5 amide bonds. The molecule has 1 aliphatic heterocycles. The Morgan fingerprint density at radius 2 is 1.32 bits per heavy atom. The van der Waals surface area contributed by atoms with E-state index in [0.29, 0.717) is 22.2 Å². The van der Waals surface area contributed by atoms with E-state index in [4.69, 9.17) is 9.47 Å². The molecule has 20 nitrogen and oxygen atoms in total. The number of hydrogen-bond acceptors (Lipinski definition) is 14. The van der Waals surface area contributed by atoms with Gasteiger partial charge < -0.3 is 40.5 Å². The SMILES string of the molecule is CN(c1c2c(c(O)c3ncccc13)C(=O)N(Cc1ccc(F)cc1)C2)S(C)(=O)=O.COC(=O)N[C@H](C(=O)N[C@@H](Cc1ccccc1)[C@@H](O)CN(Cc1ccc(-c2ccccn2)cc1)NC(=O)[C@@H](NC(=O)OC)C(C)(C)C)C(C)(C)C. The second-order valence-electron chi connectivity index (χ2n) is 21.5. The van der Waals surface area contributed by atoms with Gasteiger partial charge in [0.1, 0.15) is 23.4 Å². The van der Waals surface area contributed by atoms with Gasteiger partial charge in [-0.05, 0) is 70.3 Å². The molecular formula is C58H70FN9O11S. The number of phenols is 1. The van der Waals surface area contributed by atoms with Crippen LogP contribution in [0.2, 0.25) is 0 Å². The number of aliphatic hydroxyl groups excluding tert-OH is 1. The van der Waals surface area contributed by atoms with Gasteiger partial charge in [-0.1, -0.05) is 114 Å². The van der Waals surface area contributed by atoms with Gasteiger partial charge in [0.05, 0.1) is 49.6 Å². The molecule has 2 aromatic heterocycles. The molecule has 0 spiro atoms. The number of pyridine rings is 2. The third kappa shape index (κ3) is 15.8. The number of rotatable bonds is 18. The number of amides is 5. The summed E-state index contributed by atoms with van der Waals surface area (Å²) in [6.07, 6.45) is 1.76. The molecule has 0 saturated carbocycles. The summed E-state index contributed by atoms with van der Waals surface area (Å²) < 4.78 is 48.3. The lowest BCUT2D eigenvalue weighted by molar-refractivity contribution is -0.132. The van der Waals surface area contributed by atoms with Crippen LogP contribution < -0.4 is 25.7 Å². The van der Waals surface area contributed by atoms with Gasteiger partial charge in [0.15, 0.2) is 5.75 Å². The molecule has 80 heavy (non-hydrogen) atoms. The summed E-state index contributed by atoms with van der Waals surface area (Å²) in [5.74, 6) is -2.12. The van der Waals surface area contributed by atoms with Crippen LogP contribution in [0.15, 0.2) is 122 Å². The molecule has 0 bridgehead atoms. The largest absolute Gasteiger partial charge is 0.505 e. The van der Waals surface area contributed by atoms with E-state index in [2.05, 4.69) is 31.3 Å². The van der Waals surface area contributed by atoms with Gasteiger partial charge in [-0.15, -0.1) is 0 Å². The molecule has 0 fully saturated rings. The normalized spacial score (nSPS) is 13.9. The van der Waals surface area contributed by atoms with Crippen LogP contribution in [0.3, 0.4) is 0 Å². The van der Waals surface area contributed by atoms with Gasteiger partial charge >= 0.3 is 12.2 Å². The van der Waals surface area contributed by atoms with Crippen LogP contribution in [0.1, 0.15) is 74.2 Å². The van der Waals surface area contributed by atoms with Crippen molar-refractivity contribution in [3.63, 3.8) is 0 Å². The number of hydrogen-bond donors (Lipinski definition) is 6. The van der Waals surface area contributed by atoms with E-state index in [1.807, 2.05) is 93.6 Å². The van der Waals surface area contributed by atoms with Crippen LogP contribution >= 0.6 is 0 Å². The molecule has 1 aliphatic rings. The summed E-state index contributed by atoms with van der Waals surface area (Å²) in [7, 11) is 0.212. The van der Waals surface area contributed by atoms with Crippen molar-refractivity contribution in [3.8, 4) is 17.0 Å². The zero-order valence-electron chi connectivity index (χ0n) is 46.5. The van der Waals surface area contributed by atoms with Gasteiger partial charge in [-0.25, -0.2) is 27.4 Å². The molecule has 6 N–H and O–H groups in total. The Morgan fingerprint density at radius 3 is 1.89 bits per heavy atom. The Balaban J connectivity index is 0.000000298. The van der Waals surface area contributed by atoms with Gasteiger partial charge in [-0.3, -0.25) is 34.1 Å². The summed E-state index contributed by atoms with van der Waals surface area (Å²) in [5, 5.41) is 32.8. The average Bonchev–Trinajstić information content (AvgIpc) is 3.86. The number of phenolic OH excluding ortho intramolecular Hbond substituents is 1. The lowest BCUT2D eigenvalue weighted by Gasteiger charge is -2.35. The number of aromatic nitrogens is 2. The van der Waals surface area contributed by atoms with Crippen LogP contribution in [0.4, 0.5) is 19.7 Å². The lowest BCUT2D eigenvalue weighted by atomic mass is 9.85. The first-order chi connectivity index (χ1) is 37.7. The fourth-order valence-electron chi connectivity index (χ4n) is 8.98. The zero-order valence-corrected chi connectivity index (χ0v) is 47.3. The number of hydrazine groups is 1. The van der Waals surface area contributed by atoms with Crippen molar-refractivity contribution in [2.75, 3.05) is 38.4 Å². The Bertz CT molecular complexity index is 3250. The van der Waals surface area contributed by atoms with Crippen molar-refractivity contribution in [3.05, 3.63) is 155 Å². The lowest BCUT2D eigenvalue weighted by Crippen LogP contribution is -2.60. The predicted octanol–water partition coefficient (Wildman–Crippen LogP) is 6.84. The summed E-state index contributed by atoms with van der Waals surface area (Å²) in [6, 6.07) is 28.9. The number of carbonyl (C=O) groups excluding carboxylic acids is 5. The Labute approximate surface area is 465 Å². The highest BCUT2D eigenvalue weighted by atomic mass is 32.2. The van der Waals surface area contributed by atoms with Gasteiger partial charge in [0, 0.05) is 62.1 Å². The molecule has 0 saturated heterocycles. The number of ether oxygens (including phenoxy) is 2. The Kier molecular flexibility index (Phi) is 20.0. The summed E-state index contributed by atoms with van der Waals surface area (Å²) in [6.45, 7) is 11.2. The van der Waals surface area contributed by atoms with E-state index >= 15 is 0 Å². The second-order valence-corrected chi connectivity index (χ2v) is 23.5. The number of carbonyl (C=O) groups is 5. The highest BCUT2D eigenvalue weighted by molar-refractivity contribution is 7.92. The third-order valence-electron chi connectivity index (χ3n) is 13.3. The number of alkyl carbamates (subject to hydrolysis) is 2. The molecule has 4 aromatic carbocycles. The van der Waals surface area contributed by atoms with E-state index in [1.165, 1.54) is 44.5 Å². The molecular weight excluding hydrogens is 1050 g/mol. The van der Waals surface area contributed by atoms with E-state index in [0.717, 1.165) is 32.9 Å². The minimum Gasteiger partial charge on any atom is -0.505 e. The van der Waals surface area contributed by atoms with Crippen molar-refractivity contribution in [2.24, 2.45) is 10.8 Å². The number of aromatic hydroxyl groups is 1. The Hall–Kier alpha value is -8.21. The van der Waals surface area contributed by atoms with Crippen molar-refractivity contribution in [1.82, 2.24) is 41.3 Å². The molecule has 22 heteroatoms. The monoisotopic (exact) mass is 1120 g/mol. The minimum absolute atomic E-state index is 0.0452. The first-order valence-electron chi connectivity index (χ1n) is 25.6. The number of aliphatic hydroxyl groups is 1. The maximum Gasteiger partial charge on any atom is 0.407 e. The third-order valence-corrected chi connectivity index (χ3v) is 14.4. The number of nitrogens with one attached hydrogen (secondary N) is 4. The number of anilines is 1. The van der Waals surface area contributed by atoms with Crippen molar-refractivity contribution in [2.45, 2.75) is 91.8 Å². The molecule has 3 heterocycles. The van der Waals surface area contributed by atoms with Crippen LogP contribution in [-0.2, 0) is 55.1 Å². The minimum atomic E-state index is -3.63. The van der Waals surface area contributed by atoms with E-state index in [1.54, 1.807) is 56.2 Å². The summed E-state index contributed by atoms with van der Waals surface area (Å²) in [4.78, 5) is 75.0. The average molecular weight is 1120 g/mol. The van der Waals surface area contributed by atoms with E-state index in [9.17, 15) is 47.0 Å². The number of nitrogens with zero attached hydrogens (tertiary/aromatic N) is 5. The van der Waals surface area contributed by atoms with Crippen molar-refractivity contribution in [1.29, 1.82) is 0 Å². The van der Waals surface area contributed by atoms with Crippen LogP contribution in [0, 0.1) is 16.6 Å². The highest BCUT2D eigenvalue weighted by Gasteiger charge is 2.39. The number of halogens is 1. The number of fused-ring (bicyclic) bond motifs is 2. The summed E-state index contributed by atoms with van der Waals surface area (Å²) >= 11 is 0. The van der Waals surface area contributed by atoms with Crippen molar-refractivity contribution < 1.29 is 56.5 Å². The second kappa shape index (κ2) is 26.2.